The molecule has 0 spiro atoms. The number of aldehydes is 1. The van der Waals surface area contributed by atoms with Crippen LogP contribution in [0.15, 0.2) is 18.2 Å². The number of carbonyl (C=O) groups excluding carboxylic acids is 1. The van der Waals surface area contributed by atoms with E-state index in [1.165, 1.54) is 0 Å². The van der Waals surface area contributed by atoms with Crippen molar-refractivity contribution in [3.05, 3.63) is 23.8 Å². The summed E-state index contributed by atoms with van der Waals surface area (Å²) in [6.45, 7) is 0.770. The monoisotopic (exact) mass is 191 g/mol. The topological polar surface area (TPSA) is 29.5 Å². The normalized spacial score (nSPS) is 19.3. The van der Waals surface area contributed by atoms with E-state index < -0.39 is 0 Å². The van der Waals surface area contributed by atoms with Gasteiger partial charge in [-0.2, -0.15) is 0 Å². The van der Waals surface area contributed by atoms with Crippen LogP contribution in [-0.2, 0) is 4.79 Å². The van der Waals surface area contributed by atoms with Crippen LogP contribution in [-0.4, -0.2) is 27.0 Å². The summed E-state index contributed by atoms with van der Waals surface area (Å²) in [6, 6.07) is 5.86. The number of anilines is 1. The van der Waals surface area contributed by atoms with Crippen molar-refractivity contribution in [1.82, 2.24) is 0 Å². The van der Waals surface area contributed by atoms with E-state index in [0.717, 1.165) is 29.8 Å². The SMILES string of the molecule is COc1ccc2c(c1)C(C=O)CN2C. The molecule has 1 heterocycles. The molecule has 0 amide bonds. The fourth-order valence-corrected chi connectivity index (χ4v) is 1.91. The molecule has 0 radical (unpaired) electrons. The van der Waals surface area contributed by atoms with Gasteiger partial charge in [0.2, 0.25) is 0 Å². The Morgan fingerprint density at radius 1 is 1.57 bits per heavy atom. The molecule has 14 heavy (non-hydrogen) atoms. The predicted molar refractivity (Wildman–Crippen MR) is 55.1 cm³/mol. The van der Waals surface area contributed by atoms with Crippen LogP contribution in [0.4, 0.5) is 5.69 Å². The Morgan fingerprint density at radius 3 is 3.00 bits per heavy atom. The Bertz CT molecular complexity index is 362. The number of rotatable bonds is 2. The second-order valence-corrected chi connectivity index (χ2v) is 3.55. The summed E-state index contributed by atoms with van der Waals surface area (Å²) >= 11 is 0. The Morgan fingerprint density at radius 2 is 2.36 bits per heavy atom. The van der Waals surface area contributed by atoms with Gasteiger partial charge in [0.1, 0.15) is 12.0 Å². The number of fused-ring (bicyclic) bond motifs is 1. The molecule has 0 bridgehead atoms. The minimum absolute atomic E-state index is 0.00917. The van der Waals surface area contributed by atoms with Crippen molar-refractivity contribution in [3.63, 3.8) is 0 Å². The predicted octanol–water partition coefficient (Wildman–Crippen LogP) is 1.43. The molecule has 3 heteroatoms. The van der Waals surface area contributed by atoms with Gasteiger partial charge >= 0.3 is 0 Å². The van der Waals surface area contributed by atoms with E-state index in [9.17, 15) is 4.79 Å². The highest BCUT2D eigenvalue weighted by molar-refractivity contribution is 5.75. The van der Waals surface area contributed by atoms with Gasteiger partial charge in [-0.05, 0) is 23.8 Å². The summed E-state index contributed by atoms with van der Waals surface area (Å²) in [5.74, 6) is 0.802. The second kappa shape index (κ2) is 3.33. The summed E-state index contributed by atoms with van der Waals surface area (Å²) in [6.07, 6.45) is 1.00. The molecule has 0 N–H and O–H groups in total. The largest absolute Gasteiger partial charge is 0.497 e. The van der Waals surface area contributed by atoms with Crippen LogP contribution in [0.1, 0.15) is 11.5 Å². The Labute approximate surface area is 83.3 Å². The first-order valence-corrected chi connectivity index (χ1v) is 4.60. The molecule has 74 valence electrons. The van der Waals surface area contributed by atoms with Gasteiger partial charge in [0, 0.05) is 19.3 Å². The Kier molecular flexibility index (Phi) is 2.15. The molecular weight excluding hydrogens is 178 g/mol. The lowest BCUT2D eigenvalue weighted by Crippen LogP contribution is -2.15. The zero-order chi connectivity index (χ0) is 10.1. The third-order valence-corrected chi connectivity index (χ3v) is 2.68. The average Bonchev–Trinajstić information content (AvgIpc) is 2.55. The zero-order valence-electron chi connectivity index (χ0n) is 8.36. The van der Waals surface area contributed by atoms with Crippen LogP contribution in [0.2, 0.25) is 0 Å². The van der Waals surface area contributed by atoms with Gasteiger partial charge in [-0.3, -0.25) is 0 Å². The summed E-state index contributed by atoms with van der Waals surface area (Å²) in [4.78, 5) is 12.9. The number of carbonyl (C=O) groups is 1. The van der Waals surface area contributed by atoms with Crippen LogP contribution < -0.4 is 9.64 Å². The summed E-state index contributed by atoms with van der Waals surface area (Å²) in [7, 11) is 3.63. The molecule has 0 fully saturated rings. The maximum atomic E-state index is 10.8. The highest BCUT2D eigenvalue weighted by atomic mass is 16.5. The van der Waals surface area contributed by atoms with Crippen molar-refractivity contribution in [2.75, 3.05) is 25.6 Å². The first kappa shape index (κ1) is 9.06. The van der Waals surface area contributed by atoms with Gasteiger partial charge in [0.05, 0.1) is 13.0 Å². The van der Waals surface area contributed by atoms with E-state index in [1.807, 2.05) is 25.2 Å². The van der Waals surface area contributed by atoms with Gasteiger partial charge in [-0.25, -0.2) is 0 Å². The van der Waals surface area contributed by atoms with Crippen LogP contribution in [0, 0.1) is 0 Å². The van der Waals surface area contributed by atoms with Crippen molar-refractivity contribution in [3.8, 4) is 5.75 Å². The zero-order valence-corrected chi connectivity index (χ0v) is 8.36. The maximum absolute atomic E-state index is 10.8. The smallest absolute Gasteiger partial charge is 0.129 e. The van der Waals surface area contributed by atoms with Crippen molar-refractivity contribution in [2.24, 2.45) is 0 Å². The first-order valence-electron chi connectivity index (χ1n) is 4.60. The number of benzene rings is 1. The summed E-state index contributed by atoms with van der Waals surface area (Å²) in [5.41, 5.74) is 2.20. The van der Waals surface area contributed by atoms with Crippen LogP contribution in [0.3, 0.4) is 0 Å². The van der Waals surface area contributed by atoms with Gasteiger partial charge in [0.25, 0.3) is 0 Å². The molecule has 1 aromatic carbocycles. The molecule has 0 saturated carbocycles. The maximum Gasteiger partial charge on any atom is 0.129 e. The van der Waals surface area contributed by atoms with Gasteiger partial charge in [-0.1, -0.05) is 0 Å². The van der Waals surface area contributed by atoms with E-state index in [-0.39, 0.29) is 5.92 Å². The fourth-order valence-electron chi connectivity index (χ4n) is 1.91. The van der Waals surface area contributed by atoms with E-state index in [4.69, 9.17) is 4.74 Å². The molecule has 0 aromatic heterocycles. The molecule has 1 aromatic rings. The molecule has 1 atom stereocenters. The number of ether oxygens (including phenoxy) is 1. The number of hydrogen-bond donors (Lipinski definition) is 0. The second-order valence-electron chi connectivity index (χ2n) is 3.55. The Hall–Kier alpha value is -1.51. The highest BCUT2D eigenvalue weighted by Gasteiger charge is 2.26. The lowest BCUT2D eigenvalue weighted by molar-refractivity contribution is -0.108. The molecule has 1 aliphatic rings. The van der Waals surface area contributed by atoms with Crippen LogP contribution in [0.25, 0.3) is 0 Å². The standard InChI is InChI=1S/C11H13NO2/c1-12-6-8(7-13)10-5-9(14-2)3-4-11(10)12/h3-5,7-8H,6H2,1-2H3. The van der Waals surface area contributed by atoms with E-state index >= 15 is 0 Å². The lowest BCUT2D eigenvalue weighted by Gasteiger charge is -2.11. The van der Waals surface area contributed by atoms with Gasteiger partial charge < -0.3 is 14.4 Å². The summed E-state index contributed by atoms with van der Waals surface area (Å²) in [5, 5.41) is 0. The number of methoxy groups -OCH3 is 1. The van der Waals surface area contributed by atoms with E-state index in [1.54, 1.807) is 7.11 Å². The molecule has 3 nitrogen and oxygen atoms in total. The molecule has 1 unspecified atom stereocenters. The van der Waals surface area contributed by atoms with Gasteiger partial charge in [0.15, 0.2) is 0 Å². The lowest BCUT2D eigenvalue weighted by atomic mass is 10.0. The van der Waals surface area contributed by atoms with Crippen LogP contribution in [0.5, 0.6) is 5.75 Å². The molecular formula is C11H13NO2. The van der Waals surface area contributed by atoms with Crippen molar-refractivity contribution in [2.45, 2.75) is 5.92 Å². The number of hydrogen-bond acceptors (Lipinski definition) is 3. The minimum atomic E-state index is -0.00917. The molecule has 0 aliphatic carbocycles. The van der Waals surface area contributed by atoms with Crippen molar-refractivity contribution in [1.29, 1.82) is 0 Å². The average molecular weight is 191 g/mol. The first-order chi connectivity index (χ1) is 6.76. The highest BCUT2D eigenvalue weighted by Crippen LogP contribution is 2.36. The fraction of sp³-hybridized carbons (Fsp3) is 0.364. The quantitative estimate of drug-likeness (QED) is 0.662. The van der Waals surface area contributed by atoms with Gasteiger partial charge in [-0.15, -0.1) is 0 Å². The van der Waals surface area contributed by atoms with Crippen LogP contribution >= 0.6 is 0 Å². The molecule has 1 aliphatic heterocycles. The van der Waals surface area contributed by atoms with Crippen molar-refractivity contribution < 1.29 is 9.53 Å². The Balaban J connectivity index is 2.47. The minimum Gasteiger partial charge on any atom is -0.497 e. The number of nitrogens with zero attached hydrogens (tertiary/aromatic N) is 1. The molecule has 0 saturated heterocycles. The van der Waals surface area contributed by atoms with Crippen molar-refractivity contribution >= 4 is 12.0 Å². The molecule has 2 rings (SSSR count). The van der Waals surface area contributed by atoms with E-state index in [0.29, 0.717) is 0 Å². The third kappa shape index (κ3) is 1.25. The third-order valence-electron chi connectivity index (χ3n) is 2.68. The number of likely N-dealkylation sites (N-methyl/N-ethyl adjacent to an activating group) is 1. The summed E-state index contributed by atoms with van der Waals surface area (Å²) < 4.78 is 5.13. The van der Waals surface area contributed by atoms with E-state index in [2.05, 4.69) is 4.90 Å².